The monoisotopic (exact) mass is 152 g/mol. The normalized spacial score (nSPS) is 11.7. The third-order valence-electron chi connectivity index (χ3n) is 1.61. The molecule has 2 N–H and O–H groups in total. The van der Waals surface area contributed by atoms with E-state index in [2.05, 4.69) is 20.5 Å². The van der Waals surface area contributed by atoms with Crippen LogP contribution in [-0.2, 0) is 0 Å². The highest BCUT2D eigenvalue weighted by Crippen LogP contribution is 2.10. The molecule has 0 aliphatic rings. The molecule has 0 fully saturated rings. The number of aromatic amines is 1. The molecule has 0 amide bonds. The van der Waals surface area contributed by atoms with Crippen molar-refractivity contribution in [2.45, 2.75) is 6.92 Å². The molecule has 0 unspecified atom stereocenters. The summed E-state index contributed by atoms with van der Waals surface area (Å²) in [5.41, 5.74) is 2.00. The number of rotatable bonds is 2. The molecule has 4 nitrogen and oxygen atoms in total. The average Bonchev–Trinajstić information content (AvgIpc) is 2.50. The third-order valence-corrected chi connectivity index (χ3v) is 1.61. The van der Waals surface area contributed by atoms with Gasteiger partial charge in [-0.05, 0) is 6.92 Å². The fourth-order valence-electron chi connectivity index (χ4n) is 0.871. The van der Waals surface area contributed by atoms with Crippen LogP contribution in [0.3, 0.4) is 0 Å². The van der Waals surface area contributed by atoms with Crippen LogP contribution in [0.4, 0.5) is 5.82 Å². The van der Waals surface area contributed by atoms with Gasteiger partial charge in [-0.15, -0.1) is 0 Å². The second kappa shape index (κ2) is 3.18. The zero-order valence-corrected chi connectivity index (χ0v) is 6.97. The van der Waals surface area contributed by atoms with Crippen LogP contribution in [0.1, 0.15) is 12.5 Å². The predicted molar refractivity (Wildman–Crippen MR) is 46.3 cm³/mol. The Morgan fingerprint density at radius 3 is 3.00 bits per heavy atom. The number of nitrogens with one attached hydrogen (secondary N) is 2. The van der Waals surface area contributed by atoms with Crippen molar-refractivity contribution in [3.05, 3.63) is 11.8 Å². The standard InChI is InChI=1S/C7H12N4/c1-5(8-2)6-4-10-11-7(6)9-3/h4H,1-3H3,(H2,9,10,11). The van der Waals surface area contributed by atoms with E-state index in [0.29, 0.717) is 0 Å². The number of H-pyrrole nitrogens is 1. The summed E-state index contributed by atoms with van der Waals surface area (Å²) < 4.78 is 0. The molecule has 0 saturated heterocycles. The van der Waals surface area contributed by atoms with E-state index in [4.69, 9.17) is 0 Å². The van der Waals surface area contributed by atoms with Crippen LogP contribution in [0.5, 0.6) is 0 Å². The fourth-order valence-corrected chi connectivity index (χ4v) is 0.871. The lowest BCUT2D eigenvalue weighted by atomic mass is 10.2. The summed E-state index contributed by atoms with van der Waals surface area (Å²) in [7, 11) is 3.61. The van der Waals surface area contributed by atoms with Gasteiger partial charge in [-0.3, -0.25) is 10.1 Å². The van der Waals surface area contributed by atoms with Gasteiger partial charge in [-0.2, -0.15) is 5.10 Å². The Morgan fingerprint density at radius 2 is 2.45 bits per heavy atom. The molecule has 0 bridgehead atoms. The Bertz CT molecular complexity index is 261. The highest BCUT2D eigenvalue weighted by atomic mass is 15.2. The van der Waals surface area contributed by atoms with E-state index >= 15 is 0 Å². The number of hydrogen-bond donors (Lipinski definition) is 2. The first kappa shape index (κ1) is 7.78. The molecule has 0 atom stereocenters. The molecule has 0 saturated carbocycles. The van der Waals surface area contributed by atoms with E-state index in [1.165, 1.54) is 0 Å². The van der Waals surface area contributed by atoms with Gasteiger partial charge in [0.25, 0.3) is 0 Å². The van der Waals surface area contributed by atoms with E-state index in [1.54, 1.807) is 13.2 Å². The lowest BCUT2D eigenvalue weighted by molar-refractivity contribution is 1.09. The van der Waals surface area contributed by atoms with Gasteiger partial charge in [-0.25, -0.2) is 0 Å². The molecule has 0 aliphatic carbocycles. The van der Waals surface area contributed by atoms with Crippen LogP contribution in [0.2, 0.25) is 0 Å². The van der Waals surface area contributed by atoms with Crippen molar-refractivity contribution >= 4 is 11.5 Å². The Balaban J connectivity index is 3.02. The lowest BCUT2D eigenvalue weighted by Gasteiger charge is -1.98. The van der Waals surface area contributed by atoms with Crippen molar-refractivity contribution in [3.63, 3.8) is 0 Å². The predicted octanol–water partition coefficient (Wildman–Crippen LogP) is 0.890. The van der Waals surface area contributed by atoms with Gasteiger partial charge in [-0.1, -0.05) is 0 Å². The zero-order chi connectivity index (χ0) is 8.27. The second-order valence-electron chi connectivity index (χ2n) is 2.22. The Morgan fingerprint density at radius 1 is 1.73 bits per heavy atom. The highest BCUT2D eigenvalue weighted by Gasteiger charge is 2.04. The van der Waals surface area contributed by atoms with Crippen molar-refractivity contribution in [2.75, 3.05) is 19.4 Å². The summed E-state index contributed by atoms with van der Waals surface area (Å²) in [5.74, 6) is 0.910. The summed E-state index contributed by atoms with van der Waals surface area (Å²) in [5, 5.41) is 9.71. The molecule has 0 spiro atoms. The van der Waals surface area contributed by atoms with Gasteiger partial charge in [0.2, 0.25) is 0 Å². The summed E-state index contributed by atoms with van der Waals surface area (Å²) in [6.45, 7) is 1.95. The van der Waals surface area contributed by atoms with Gasteiger partial charge >= 0.3 is 0 Å². The van der Waals surface area contributed by atoms with E-state index in [9.17, 15) is 0 Å². The van der Waals surface area contributed by atoms with Crippen molar-refractivity contribution in [3.8, 4) is 0 Å². The largest absolute Gasteiger partial charge is 0.373 e. The number of anilines is 1. The van der Waals surface area contributed by atoms with Crippen LogP contribution in [0.15, 0.2) is 11.2 Å². The maximum atomic E-state index is 4.06. The van der Waals surface area contributed by atoms with Crippen molar-refractivity contribution in [1.82, 2.24) is 10.2 Å². The van der Waals surface area contributed by atoms with Crippen molar-refractivity contribution in [1.29, 1.82) is 0 Å². The number of hydrogen-bond acceptors (Lipinski definition) is 3. The van der Waals surface area contributed by atoms with Gasteiger partial charge in [0.15, 0.2) is 0 Å². The molecule has 60 valence electrons. The summed E-state index contributed by atoms with van der Waals surface area (Å²) in [6.07, 6.45) is 1.76. The molecule has 1 aromatic rings. The quantitative estimate of drug-likeness (QED) is 0.618. The highest BCUT2D eigenvalue weighted by molar-refractivity contribution is 6.02. The first-order valence-corrected chi connectivity index (χ1v) is 3.44. The first-order valence-electron chi connectivity index (χ1n) is 3.44. The molecular formula is C7H12N4. The van der Waals surface area contributed by atoms with Crippen LogP contribution in [-0.4, -0.2) is 30.0 Å². The third kappa shape index (κ3) is 1.39. The SMILES string of the molecule is CN=C(C)c1cn[nH]c1NC. The number of aromatic nitrogens is 2. The Hall–Kier alpha value is -1.32. The number of nitrogens with zero attached hydrogens (tertiary/aromatic N) is 2. The Kier molecular flexibility index (Phi) is 2.25. The zero-order valence-electron chi connectivity index (χ0n) is 6.97. The summed E-state index contributed by atoms with van der Waals surface area (Å²) >= 11 is 0. The second-order valence-corrected chi connectivity index (χ2v) is 2.22. The summed E-state index contributed by atoms with van der Waals surface area (Å²) in [6, 6.07) is 0. The number of aliphatic imine (C=N–C) groups is 1. The maximum absolute atomic E-state index is 4.06. The minimum atomic E-state index is 0.910. The molecule has 0 aromatic carbocycles. The molecule has 1 heterocycles. The van der Waals surface area contributed by atoms with Crippen molar-refractivity contribution < 1.29 is 0 Å². The average molecular weight is 152 g/mol. The van der Waals surface area contributed by atoms with E-state index < -0.39 is 0 Å². The minimum Gasteiger partial charge on any atom is -0.373 e. The van der Waals surface area contributed by atoms with E-state index in [-0.39, 0.29) is 0 Å². The van der Waals surface area contributed by atoms with Crippen LogP contribution >= 0.6 is 0 Å². The molecule has 0 radical (unpaired) electrons. The Labute approximate surface area is 65.7 Å². The van der Waals surface area contributed by atoms with Crippen molar-refractivity contribution in [2.24, 2.45) is 4.99 Å². The van der Waals surface area contributed by atoms with Crippen LogP contribution in [0, 0.1) is 0 Å². The molecule has 1 aromatic heterocycles. The minimum absolute atomic E-state index is 0.910. The van der Waals surface area contributed by atoms with Crippen LogP contribution < -0.4 is 5.32 Å². The van der Waals surface area contributed by atoms with Gasteiger partial charge in [0.05, 0.1) is 11.8 Å². The first-order chi connectivity index (χ1) is 5.29. The van der Waals surface area contributed by atoms with Crippen LogP contribution in [0.25, 0.3) is 0 Å². The van der Waals surface area contributed by atoms with Gasteiger partial charge in [0, 0.05) is 19.8 Å². The lowest BCUT2D eigenvalue weighted by Crippen LogP contribution is -1.98. The van der Waals surface area contributed by atoms with E-state index in [1.807, 2.05) is 14.0 Å². The van der Waals surface area contributed by atoms with Gasteiger partial charge < -0.3 is 5.32 Å². The molecule has 4 heteroatoms. The maximum Gasteiger partial charge on any atom is 0.130 e. The van der Waals surface area contributed by atoms with Gasteiger partial charge in [0.1, 0.15) is 5.82 Å². The molecular weight excluding hydrogens is 140 g/mol. The van der Waals surface area contributed by atoms with E-state index in [0.717, 1.165) is 17.1 Å². The fraction of sp³-hybridized carbons (Fsp3) is 0.429. The smallest absolute Gasteiger partial charge is 0.130 e. The molecule has 11 heavy (non-hydrogen) atoms. The molecule has 0 aliphatic heterocycles. The molecule has 1 rings (SSSR count). The summed E-state index contributed by atoms with van der Waals surface area (Å²) in [4.78, 5) is 4.06. The topological polar surface area (TPSA) is 53.1 Å².